The average molecular weight is 390 g/mol. The quantitative estimate of drug-likeness (QED) is 0.787. The molecule has 0 saturated heterocycles. The molecule has 2 aromatic rings. The van der Waals surface area contributed by atoms with Gasteiger partial charge < -0.3 is 5.32 Å². The maximum Gasteiger partial charge on any atom is 0.235 e. The Kier molecular flexibility index (Phi) is 5.79. The van der Waals surface area contributed by atoms with Crippen LogP contribution in [0.25, 0.3) is 0 Å². The van der Waals surface area contributed by atoms with Gasteiger partial charge in [-0.05, 0) is 48.2 Å². The monoisotopic (exact) mass is 390 g/mol. The van der Waals surface area contributed by atoms with E-state index in [-0.39, 0.29) is 23.9 Å². The highest BCUT2D eigenvalue weighted by molar-refractivity contribution is 7.92. The molecule has 2 aromatic carbocycles. The Morgan fingerprint density at radius 3 is 2.63 bits per heavy atom. The van der Waals surface area contributed by atoms with Crippen LogP contribution in [-0.4, -0.2) is 26.6 Å². The van der Waals surface area contributed by atoms with Gasteiger partial charge in [0.1, 0.15) is 5.82 Å². The predicted molar refractivity (Wildman–Crippen MR) is 105 cm³/mol. The summed E-state index contributed by atoms with van der Waals surface area (Å²) in [7, 11) is -3.35. The summed E-state index contributed by atoms with van der Waals surface area (Å²) in [5.41, 5.74) is 2.87. The van der Waals surface area contributed by atoms with E-state index in [1.807, 2.05) is 13.0 Å². The lowest BCUT2D eigenvalue weighted by atomic mass is 10.1. The summed E-state index contributed by atoms with van der Waals surface area (Å²) in [4.78, 5) is 12.3. The molecule has 3 rings (SSSR count). The molecular formula is C20H23FN2O3S. The van der Waals surface area contributed by atoms with E-state index >= 15 is 0 Å². The zero-order chi connectivity index (χ0) is 19.4. The second-order valence-corrected chi connectivity index (χ2v) is 8.70. The first-order valence-electron chi connectivity index (χ1n) is 9.06. The summed E-state index contributed by atoms with van der Waals surface area (Å²) in [6.07, 6.45) is 2.24. The van der Waals surface area contributed by atoms with E-state index in [1.54, 1.807) is 24.3 Å². The van der Waals surface area contributed by atoms with Gasteiger partial charge in [0.15, 0.2) is 0 Å². The highest BCUT2D eigenvalue weighted by Gasteiger charge is 2.29. The van der Waals surface area contributed by atoms with E-state index < -0.39 is 10.0 Å². The summed E-state index contributed by atoms with van der Waals surface area (Å²) in [6.45, 7) is 2.40. The van der Waals surface area contributed by atoms with Gasteiger partial charge in [-0.15, -0.1) is 0 Å². The van der Waals surface area contributed by atoms with Crippen molar-refractivity contribution in [1.29, 1.82) is 0 Å². The van der Waals surface area contributed by atoms with Gasteiger partial charge in [0.05, 0.1) is 17.9 Å². The van der Waals surface area contributed by atoms with Gasteiger partial charge >= 0.3 is 0 Å². The van der Waals surface area contributed by atoms with Crippen LogP contribution in [-0.2, 0) is 27.7 Å². The highest BCUT2D eigenvalue weighted by Crippen LogP contribution is 2.33. The third-order valence-corrected chi connectivity index (χ3v) is 6.45. The maximum absolute atomic E-state index is 13.0. The molecule has 1 heterocycles. The number of unbranched alkanes of at least 4 members (excludes halogenated alkanes) is 1. The van der Waals surface area contributed by atoms with Gasteiger partial charge in [0.2, 0.25) is 15.9 Å². The molecule has 0 saturated carbocycles. The van der Waals surface area contributed by atoms with Crippen molar-refractivity contribution in [2.75, 3.05) is 21.9 Å². The van der Waals surface area contributed by atoms with Crippen LogP contribution in [0, 0.1) is 5.82 Å². The van der Waals surface area contributed by atoms with Gasteiger partial charge in [-0.3, -0.25) is 9.10 Å². The van der Waals surface area contributed by atoms with Crippen molar-refractivity contribution in [3.8, 4) is 0 Å². The van der Waals surface area contributed by atoms with Crippen LogP contribution < -0.4 is 9.62 Å². The first kappa shape index (κ1) is 19.4. The summed E-state index contributed by atoms with van der Waals surface area (Å²) < 4.78 is 39.5. The van der Waals surface area contributed by atoms with Crippen molar-refractivity contribution in [1.82, 2.24) is 0 Å². The Hall–Kier alpha value is -2.41. The normalized spacial score (nSPS) is 13.5. The van der Waals surface area contributed by atoms with Crippen molar-refractivity contribution in [2.45, 2.75) is 32.6 Å². The van der Waals surface area contributed by atoms with Gasteiger partial charge in [-0.1, -0.05) is 31.5 Å². The van der Waals surface area contributed by atoms with Crippen LogP contribution >= 0.6 is 0 Å². The molecule has 0 aliphatic carbocycles. The minimum absolute atomic E-state index is 0.121. The number of carbonyl (C=O) groups is 1. The predicted octanol–water partition coefficient (Wildman–Crippen LogP) is 3.50. The number of anilines is 2. The zero-order valence-corrected chi connectivity index (χ0v) is 16.1. The molecule has 5 nitrogen and oxygen atoms in total. The first-order chi connectivity index (χ1) is 12.9. The fourth-order valence-corrected chi connectivity index (χ4v) is 4.86. The van der Waals surface area contributed by atoms with E-state index in [2.05, 4.69) is 5.32 Å². The first-order valence-corrected chi connectivity index (χ1v) is 10.7. The molecule has 0 spiro atoms. The van der Waals surface area contributed by atoms with Crippen LogP contribution in [0.5, 0.6) is 0 Å². The molecule has 27 heavy (non-hydrogen) atoms. The lowest BCUT2D eigenvalue weighted by Gasteiger charge is -2.20. The summed E-state index contributed by atoms with van der Waals surface area (Å²) in [6, 6.07) is 11.1. The van der Waals surface area contributed by atoms with Crippen LogP contribution in [0.4, 0.5) is 15.8 Å². The smallest absolute Gasteiger partial charge is 0.235 e. The van der Waals surface area contributed by atoms with Crippen molar-refractivity contribution in [3.05, 3.63) is 59.4 Å². The molecule has 7 heteroatoms. The molecule has 0 aromatic heterocycles. The van der Waals surface area contributed by atoms with Crippen LogP contribution in [0.15, 0.2) is 42.5 Å². The fourth-order valence-electron chi connectivity index (χ4n) is 3.15. The molecule has 1 N–H and O–H groups in total. The maximum atomic E-state index is 13.0. The number of rotatable bonds is 7. The molecule has 1 aliphatic heterocycles. The molecule has 1 aliphatic rings. The summed E-state index contributed by atoms with van der Waals surface area (Å²) >= 11 is 0. The lowest BCUT2D eigenvalue weighted by molar-refractivity contribution is -0.115. The van der Waals surface area contributed by atoms with Crippen molar-refractivity contribution < 1.29 is 17.6 Å². The molecule has 1 amide bonds. The molecular weight excluding hydrogens is 367 g/mol. The molecule has 144 valence electrons. The number of hydrogen-bond acceptors (Lipinski definition) is 3. The minimum Gasteiger partial charge on any atom is -0.326 e. The van der Waals surface area contributed by atoms with E-state index in [9.17, 15) is 17.6 Å². The SMILES string of the molecule is CCCCS(=O)(=O)N1CCc2ccc(NC(=O)Cc3ccc(F)cc3)cc21. The minimum atomic E-state index is -3.35. The van der Waals surface area contributed by atoms with Gasteiger partial charge in [0, 0.05) is 12.2 Å². The standard InChI is InChI=1S/C20H23FN2O3S/c1-2-3-12-27(25,26)23-11-10-16-6-9-18(14-19(16)23)22-20(24)13-15-4-7-17(21)8-5-15/h4-9,14H,2-3,10-13H2,1H3,(H,22,24). The molecule has 0 radical (unpaired) electrons. The lowest BCUT2D eigenvalue weighted by Crippen LogP contribution is -2.31. The van der Waals surface area contributed by atoms with Gasteiger partial charge in [-0.25, -0.2) is 12.8 Å². The number of halogens is 1. The van der Waals surface area contributed by atoms with Crippen molar-refractivity contribution in [2.24, 2.45) is 0 Å². The second-order valence-electron chi connectivity index (χ2n) is 6.69. The number of carbonyl (C=O) groups excluding carboxylic acids is 1. The number of nitrogens with one attached hydrogen (secondary N) is 1. The molecule has 0 bridgehead atoms. The van der Waals surface area contributed by atoms with Gasteiger partial charge in [-0.2, -0.15) is 0 Å². The number of sulfonamides is 1. The Morgan fingerprint density at radius 2 is 1.93 bits per heavy atom. The number of benzene rings is 2. The Bertz CT molecular complexity index is 927. The van der Waals surface area contributed by atoms with E-state index in [4.69, 9.17) is 0 Å². The zero-order valence-electron chi connectivity index (χ0n) is 15.2. The Morgan fingerprint density at radius 1 is 1.19 bits per heavy atom. The fraction of sp³-hybridized carbons (Fsp3) is 0.350. The van der Waals surface area contributed by atoms with Crippen molar-refractivity contribution >= 4 is 27.3 Å². The largest absolute Gasteiger partial charge is 0.326 e. The Balaban J connectivity index is 1.72. The number of amides is 1. The number of nitrogens with zero attached hydrogens (tertiary/aromatic N) is 1. The van der Waals surface area contributed by atoms with Gasteiger partial charge in [0.25, 0.3) is 0 Å². The van der Waals surface area contributed by atoms with Crippen LogP contribution in [0.2, 0.25) is 0 Å². The number of hydrogen-bond donors (Lipinski definition) is 1. The molecule has 0 unspecified atom stereocenters. The van der Waals surface area contributed by atoms with Crippen LogP contribution in [0.1, 0.15) is 30.9 Å². The average Bonchev–Trinajstić information content (AvgIpc) is 3.06. The molecule has 0 atom stereocenters. The van der Waals surface area contributed by atoms with E-state index in [0.717, 1.165) is 12.0 Å². The Labute approximate surface area is 159 Å². The number of fused-ring (bicyclic) bond motifs is 1. The van der Waals surface area contributed by atoms with E-state index in [1.165, 1.54) is 16.4 Å². The third-order valence-electron chi connectivity index (χ3n) is 4.59. The summed E-state index contributed by atoms with van der Waals surface area (Å²) in [5, 5.41) is 2.80. The topological polar surface area (TPSA) is 66.5 Å². The molecule has 0 fully saturated rings. The second kappa shape index (κ2) is 8.08. The third kappa shape index (κ3) is 4.66. The van der Waals surface area contributed by atoms with Crippen LogP contribution in [0.3, 0.4) is 0 Å². The van der Waals surface area contributed by atoms with Crippen molar-refractivity contribution in [3.63, 3.8) is 0 Å². The highest BCUT2D eigenvalue weighted by atomic mass is 32.2. The summed E-state index contributed by atoms with van der Waals surface area (Å²) in [5.74, 6) is -0.452. The van der Waals surface area contributed by atoms with E-state index in [0.29, 0.717) is 36.3 Å².